The van der Waals surface area contributed by atoms with Crippen LogP contribution in [0.25, 0.3) is 0 Å². The van der Waals surface area contributed by atoms with Gasteiger partial charge in [0, 0.05) is 6.04 Å². The second-order valence-corrected chi connectivity index (χ2v) is 4.31. The lowest BCUT2D eigenvalue weighted by molar-refractivity contribution is 0.462. The van der Waals surface area contributed by atoms with Gasteiger partial charge in [-0.15, -0.1) is 0 Å². The summed E-state index contributed by atoms with van der Waals surface area (Å²) in [5.41, 5.74) is 10.6. The molecule has 0 aromatic heterocycles. The van der Waals surface area contributed by atoms with E-state index in [9.17, 15) is 5.11 Å². The smallest absolute Gasteiger partial charge is 0.121 e. The Labute approximate surface area is 84.7 Å². The fourth-order valence-corrected chi connectivity index (χ4v) is 2.34. The lowest BCUT2D eigenvalue weighted by atomic mass is 9.84. The second-order valence-electron chi connectivity index (χ2n) is 4.31. The van der Waals surface area contributed by atoms with E-state index in [0.29, 0.717) is 11.8 Å². The highest BCUT2D eigenvalue weighted by molar-refractivity contribution is 5.49. The van der Waals surface area contributed by atoms with Crippen LogP contribution in [0, 0.1) is 13.8 Å². The van der Waals surface area contributed by atoms with Crippen LogP contribution < -0.4 is 5.73 Å². The van der Waals surface area contributed by atoms with Gasteiger partial charge in [-0.05, 0) is 55.4 Å². The molecule has 0 fully saturated rings. The highest BCUT2D eigenvalue weighted by Gasteiger charge is 2.19. The van der Waals surface area contributed by atoms with E-state index in [1.165, 1.54) is 11.1 Å². The maximum Gasteiger partial charge on any atom is 0.121 e. The Morgan fingerprint density at radius 1 is 1.43 bits per heavy atom. The van der Waals surface area contributed by atoms with Crippen molar-refractivity contribution in [2.75, 3.05) is 0 Å². The molecular formula is C12H17NO. The van der Waals surface area contributed by atoms with Crippen molar-refractivity contribution in [3.63, 3.8) is 0 Å². The first-order valence-corrected chi connectivity index (χ1v) is 5.16. The predicted octanol–water partition coefficient (Wildman–Crippen LogP) is 1.83. The zero-order valence-electron chi connectivity index (χ0n) is 8.80. The van der Waals surface area contributed by atoms with Gasteiger partial charge in [-0.2, -0.15) is 0 Å². The normalized spacial score (nSPS) is 20.6. The minimum absolute atomic E-state index is 0.297. The molecule has 2 heteroatoms. The lowest BCUT2D eigenvalue weighted by Crippen LogP contribution is -2.28. The molecule has 0 saturated heterocycles. The maximum absolute atomic E-state index is 9.80. The first-order chi connectivity index (χ1) is 6.59. The largest absolute Gasteiger partial charge is 0.507 e. The molecule has 1 aromatic rings. The summed E-state index contributed by atoms with van der Waals surface area (Å²) >= 11 is 0. The number of phenols is 1. The van der Waals surface area contributed by atoms with Crippen molar-refractivity contribution in [1.29, 1.82) is 0 Å². The summed E-state index contributed by atoms with van der Waals surface area (Å²) in [4.78, 5) is 0. The first kappa shape index (κ1) is 9.53. The summed E-state index contributed by atoms with van der Waals surface area (Å²) in [5, 5.41) is 9.80. The van der Waals surface area contributed by atoms with Crippen LogP contribution in [0.2, 0.25) is 0 Å². The zero-order chi connectivity index (χ0) is 10.3. The van der Waals surface area contributed by atoms with E-state index in [2.05, 4.69) is 6.07 Å². The summed E-state index contributed by atoms with van der Waals surface area (Å²) in [7, 11) is 0. The number of rotatable bonds is 0. The SMILES string of the molecule is Cc1cc2c(c(C)c1O)CC[C@H](N)C2. The van der Waals surface area contributed by atoms with Crippen LogP contribution in [0.15, 0.2) is 6.07 Å². The van der Waals surface area contributed by atoms with Crippen LogP contribution >= 0.6 is 0 Å². The van der Waals surface area contributed by atoms with Gasteiger partial charge in [0.25, 0.3) is 0 Å². The molecule has 1 aromatic carbocycles. The third-order valence-electron chi connectivity index (χ3n) is 3.21. The highest BCUT2D eigenvalue weighted by Crippen LogP contribution is 2.32. The standard InChI is InChI=1S/C12H17NO/c1-7-5-9-6-10(13)3-4-11(9)8(2)12(7)14/h5,10,14H,3-4,6,13H2,1-2H3/t10-/m0/s1. The zero-order valence-corrected chi connectivity index (χ0v) is 8.80. The van der Waals surface area contributed by atoms with Crippen LogP contribution in [0.5, 0.6) is 5.75 Å². The summed E-state index contributed by atoms with van der Waals surface area (Å²) < 4.78 is 0. The van der Waals surface area contributed by atoms with E-state index in [1.54, 1.807) is 0 Å². The Morgan fingerprint density at radius 3 is 2.86 bits per heavy atom. The molecule has 0 amide bonds. The van der Waals surface area contributed by atoms with Gasteiger partial charge in [0.15, 0.2) is 0 Å². The summed E-state index contributed by atoms with van der Waals surface area (Å²) in [6.45, 7) is 3.95. The molecule has 3 N–H and O–H groups in total. The molecule has 0 saturated carbocycles. The van der Waals surface area contributed by atoms with Crippen molar-refractivity contribution in [3.8, 4) is 5.75 Å². The van der Waals surface area contributed by atoms with Gasteiger partial charge >= 0.3 is 0 Å². The van der Waals surface area contributed by atoms with Crippen molar-refractivity contribution in [3.05, 3.63) is 28.3 Å². The molecule has 0 heterocycles. The molecule has 0 aliphatic heterocycles. The van der Waals surface area contributed by atoms with E-state index >= 15 is 0 Å². The number of hydrogen-bond acceptors (Lipinski definition) is 2. The topological polar surface area (TPSA) is 46.2 Å². The van der Waals surface area contributed by atoms with Crippen molar-refractivity contribution in [2.24, 2.45) is 5.73 Å². The van der Waals surface area contributed by atoms with Gasteiger partial charge in [-0.1, -0.05) is 6.07 Å². The minimum Gasteiger partial charge on any atom is -0.507 e. The average molecular weight is 191 g/mol. The van der Waals surface area contributed by atoms with Gasteiger partial charge in [-0.3, -0.25) is 0 Å². The van der Waals surface area contributed by atoms with Crippen LogP contribution in [0.3, 0.4) is 0 Å². The van der Waals surface area contributed by atoms with E-state index < -0.39 is 0 Å². The first-order valence-electron chi connectivity index (χ1n) is 5.16. The monoisotopic (exact) mass is 191 g/mol. The second kappa shape index (κ2) is 3.28. The van der Waals surface area contributed by atoms with Gasteiger partial charge in [0.2, 0.25) is 0 Å². The molecule has 2 nitrogen and oxygen atoms in total. The quantitative estimate of drug-likeness (QED) is 0.657. The maximum atomic E-state index is 9.80. The molecule has 0 unspecified atom stereocenters. The summed E-state index contributed by atoms with van der Waals surface area (Å²) in [6.07, 6.45) is 3.00. The predicted molar refractivity (Wildman–Crippen MR) is 57.6 cm³/mol. The Balaban J connectivity index is 2.54. The minimum atomic E-state index is 0.297. The number of nitrogens with two attached hydrogens (primary N) is 1. The number of aromatic hydroxyl groups is 1. The molecule has 1 atom stereocenters. The number of fused-ring (bicyclic) bond motifs is 1. The Bertz CT molecular complexity index is 371. The molecule has 0 radical (unpaired) electrons. The van der Waals surface area contributed by atoms with Crippen LogP contribution in [-0.2, 0) is 12.8 Å². The number of hydrogen-bond donors (Lipinski definition) is 2. The third kappa shape index (κ3) is 1.40. The van der Waals surface area contributed by atoms with Gasteiger partial charge in [0.1, 0.15) is 5.75 Å². The summed E-state index contributed by atoms with van der Waals surface area (Å²) in [5.74, 6) is 0.458. The molecular weight excluding hydrogens is 174 g/mol. The molecule has 14 heavy (non-hydrogen) atoms. The molecule has 1 aliphatic carbocycles. The van der Waals surface area contributed by atoms with Gasteiger partial charge in [0.05, 0.1) is 0 Å². The van der Waals surface area contributed by atoms with Crippen LogP contribution in [0.4, 0.5) is 0 Å². The third-order valence-corrected chi connectivity index (χ3v) is 3.21. The Morgan fingerprint density at radius 2 is 2.14 bits per heavy atom. The highest BCUT2D eigenvalue weighted by atomic mass is 16.3. The number of aryl methyl sites for hydroxylation is 1. The molecule has 76 valence electrons. The molecule has 1 aliphatic rings. The van der Waals surface area contributed by atoms with E-state index in [0.717, 1.165) is 30.4 Å². The van der Waals surface area contributed by atoms with E-state index in [4.69, 9.17) is 5.73 Å². The van der Waals surface area contributed by atoms with Gasteiger partial charge in [-0.25, -0.2) is 0 Å². The van der Waals surface area contributed by atoms with Crippen molar-refractivity contribution >= 4 is 0 Å². The Kier molecular flexibility index (Phi) is 2.23. The lowest BCUT2D eigenvalue weighted by Gasteiger charge is -2.24. The van der Waals surface area contributed by atoms with E-state index in [1.807, 2.05) is 13.8 Å². The summed E-state index contributed by atoms with van der Waals surface area (Å²) in [6, 6.07) is 2.38. The molecule has 2 rings (SSSR count). The number of benzene rings is 1. The fourth-order valence-electron chi connectivity index (χ4n) is 2.34. The van der Waals surface area contributed by atoms with Crippen LogP contribution in [0.1, 0.15) is 28.7 Å². The van der Waals surface area contributed by atoms with Crippen molar-refractivity contribution in [1.82, 2.24) is 0 Å². The van der Waals surface area contributed by atoms with Crippen LogP contribution in [-0.4, -0.2) is 11.1 Å². The number of phenolic OH excluding ortho intramolecular Hbond substituents is 1. The van der Waals surface area contributed by atoms with Gasteiger partial charge < -0.3 is 10.8 Å². The van der Waals surface area contributed by atoms with E-state index in [-0.39, 0.29) is 0 Å². The molecule has 0 bridgehead atoms. The average Bonchev–Trinajstić information content (AvgIpc) is 2.14. The Hall–Kier alpha value is -1.02. The van der Waals surface area contributed by atoms with Crippen molar-refractivity contribution < 1.29 is 5.11 Å². The fraction of sp³-hybridized carbons (Fsp3) is 0.500. The molecule has 0 spiro atoms. The van der Waals surface area contributed by atoms with Crippen molar-refractivity contribution in [2.45, 2.75) is 39.2 Å².